The van der Waals surface area contributed by atoms with Gasteiger partial charge in [-0.1, -0.05) is 0 Å². The Morgan fingerprint density at radius 3 is 2.38 bits per heavy atom. The van der Waals surface area contributed by atoms with Gasteiger partial charge in [-0.3, -0.25) is 0 Å². The standard InChI is InChI=1S/C8H16N2O.2ClH/c9-7-5-11-4-3-8(7)10-6-1-2-6;;/h6-8,10H,1-5,9H2;2*1H. The summed E-state index contributed by atoms with van der Waals surface area (Å²) in [7, 11) is 0. The van der Waals surface area contributed by atoms with E-state index in [2.05, 4.69) is 5.32 Å². The van der Waals surface area contributed by atoms with Crippen molar-refractivity contribution in [3.05, 3.63) is 0 Å². The smallest absolute Gasteiger partial charge is 0.0632 e. The topological polar surface area (TPSA) is 47.3 Å². The highest BCUT2D eigenvalue weighted by molar-refractivity contribution is 5.85. The van der Waals surface area contributed by atoms with Gasteiger partial charge in [-0.25, -0.2) is 0 Å². The first-order valence-corrected chi connectivity index (χ1v) is 4.45. The van der Waals surface area contributed by atoms with Gasteiger partial charge in [0.15, 0.2) is 0 Å². The summed E-state index contributed by atoms with van der Waals surface area (Å²) in [5, 5.41) is 3.54. The third kappa shape index (κ3) is 4.00. The summed E-state index contributed by atoms with van der Waals surface area (Å²) in [6, 6.07) is 1.49. The van der Waals surface area contributed by atoms with Crippen molar-refractivity contribution in [3.8, 4) is 0 Å². The maximum Gasteiger partial charge on any atom is 0.0632 e. The zero-order chi connectivity index (χ0) is 7.68. The van der Waals surface area contributed by atoms with Crippen LogP contribution in [0.2, 0.25) is 0 Å². The van der Waals surface area contributed by atoms with Gasteiger partial charge >= 0.3 is 0 Å². The Morgan fingerprint density at radius 1 is 1.15 bits per heavy atom. The van der Waals surface area contributed by atoms with Crippen LogP contribution in [0.3, 0.4) is 0 Å². The molecule has 3 nitrogen and oxygen atoms in total. The van der Waals surface area contributed by atoms with E-state index in [0.717, 1.165) is 25.7 Å². The molecule has 0 radical (unpaired) electrons. The normalized spacial score (nSPS) is 33.0. The molecule has 0 aromatic rings. The van der Waals surface area contributed by atoms with Gasteiger partial charge in [0.2, 0.25) is 0 Å². The molecular formula is C8H18Cl2N2O. The van der Waals surface area contributed by atoms with E-state index in [4.69, 9.17) is 10.5 Å². The van der Waals surface area contributed by atoms with Gasteiger partial charge in [-0.05, 0) is 19.3 Å². The van der Waals surface area contributed by atoms with Crippen molar-refractivity contribution in [2.75, 3.05) is 13.2 Å². The lowest BCUT2D eigenvalue weighted by Crippen LogP contribution is -2.51. The maximum absolute atomic E-state index is 5.87. The summed E-state index contributed by atoms with van der Waals surface area (Å²) >= 11 is 0. The van der Waals surface area contributed by atoms with E-state index in [0.29, 0.717) is 6.04 Å². The van der Waals surface area contributed by atoms with Crippen LogP contribution in [0.15, 0.2) is 0 Å². The van der Waals surface area contributed by atoms with Gasteiger partial charge in [-0.15, -0.1) is 24.8 Å². The molecule has 3 N–H and O–H groups in total. The fourth-order valence-corrected chi connectivity index (χ4v) is 1.52. The van der Waals surface area contributed by atoms with Crippen molar-refractivity contribution in [1.29, 1.82) is 0 Å². The molecule has 2 fully saturated rings. The summed E-state index contributed by atoms with van der Waals surface area (Å²) < 4.78 is 5.25. The number of nitrogens with one attached hydrogen (secondary N) is 1. The van der Waals surface area contributed by atoms with Gasteiger partial charge in [0.05, 0.1) is 6.61 Å². The van der Waals surface area contributed by atoms with Gasteiger partial charge < -0.3 is 15.8 Å². The van der Waals surface area contributed by atoms with Crippen LogP contribution in [0.5, 0.6) is 0 Å². The average molecular weight is 229 g/mol. The number of hydrogen-bond donors (Lipinski definition) is 2. The molecule has 1 aliphatic heterocycles. The summed E-state index contributed by atoms with van der Waals surface area (Å²) in [6.45, 7) is 1.60. The predicted molar refractivity (Wildman–Crippen MR) is 57.9 cm³/mol. The minimum atomic E-state index is 0. The first-order valence-electron chi connectivity index (χ1n) is 4.45. The Kier molecular flexibility index (Phi) is 6.25. The largest absolute Gasteiger partial charge is 0.380 e. The third-order valence-corrected chi connectivity index (χ3v) is 2.43. The van der Waals surface area contributed by atoms with Crippen LogP contribution < -0.4 is 11.1 Å². The van der Waals surface area contributed by atoms with Crippen LogP contribution in [0, 0.1) is 0 Å². The van der Waals surface area contributed by atoms with E-state index in [1.807, 2.05) is 0 Å². The van der Waals surface area contributed by atoms with Crippen molar-refractivity contribution >= 4 is 24.8 Å². The van der Waals surface area contributed by atoms with Gasteiger partial charge in [0.1, 0.15) is 0 Å². The fraction of sp³-hybridized carbons (Fsp3) is 1.00. The Morgan fingerprint density at radius 2 is 1.85 bits per heavy atom. The molecule has 2 unspecified atom stereocenters. The lowest BCUT2D eigenvalue weighted by atomic mass is 10.0. The molecule has 0 bridgehead atoms. The van der Waals surface area contributed by atoms with E-state index < -0.39 is 0 Å². The summed E-state index contributed by atoms with van der Waals surface area (Å²) in [6.07, 6.45) is 3.76. The van der Waals surface area contributed by atoms with Crippen LogP contribution >= 0.6 is 24.8 Å². The summed E-state index contributed by atoms with van der Waals surface area (Å²) in [5.41, 5.74) is 5.87. The Bertz CT molecular complexity index is 144. The van der Waals surface area contributed by atoms with Crippen LogP contribution in [-0.4, -0.2) is 31.3 Å². The van der Waals surface area contributed by atoms with E-state index >= 15 is 0 Å². The number of nitrogens with two attached hydrogens (primary N) is 1. The quantitative estimate of drug-likeness (QED) is 0.732. The average Bonchev–Trinajstić information content (AvgIpc) is 2.78. The van der Waals surface area contributed by atoms with Gasteiger partial charge in [-0.2, -0.15) is 0 Å². The van der Waals surface area contributed by atoms with Crippen molar-refractivity contribution in [2.45, 2.75) is 37.4 Å². The maximum atomic E-state index is 5.87. The Balaban J connectivity index is 0.000000720. The minimum absolute atomic E-state index is 0. The number of hydrogen-bond acceptors (Lipinski definition) is 3. The molecular weight excluding hydrogens is 211 g/mol. The number of rotatable bonds is 2. The second kappa shape index (κ2) is 6.04. The van der Waals surface area contributed by atoms with Crippen molar-refractivity contribution in [3.63, 3.8) is 0 Å². The lowest BCUT2D eigenvalue weighted by molar-refractivity contribution is 0.0615. The fourth-order valence-electron chi connectivity index (χ4n) is 1.52. The molecule has 1 saturated heterocycles. The number of halogens is 2. The second-order valence-electron chi connectivity index (χ2n) is 3.57. The summed E-state index contributed by atoms with van der Waals surface area (Å²) in [5.74, 6) is 0. The van der Waals surface area contributed by atoms with E-state index in [9.17, 15) is 0 Å². The Labute approximate surface area is 91.6 Å². The first-order chi connectivity index (χ1) is 5.36. The molecule has 0 spiro atoms. The van der Waals surface area contributed by atoms with Crippen LogP contribution in [0.1, 0.15) is 19.3 Å². The molecule has 2 aliphatic rings. The van der Waals surface area contributed by atoms with Crippen molar-refractivity contribution in [1.82, 2.24) is 5.32 Å². The molecule has 2 rings (SSSR count). The highest BCUT2D eigenvalue weighted by Crippen LogP contribution is 2.21. The van der Waals surface area contributed by atoms with Crippen LogP contribution in [0.4, 0.5) is 0 Å². The zero-order valence-corrected chi connectivity index (χ0v) is 9.20. The van der Waals surface area contributed by atoms with E-state index in [1.165, 1.54) is 12.8 Å². The first kappa shape index (κ1) is 13.5. The Hall–Kier alpha value is 0.460. The van der Waals surface area contributed by atoms with Crippen molar-refractivity contribution in [2.24, 2.45) is 5.73 Å². The molecule has 0 aromatic carbocycles. The molecule has 2 atom stereocenters. The van der Waals surface area contributed by atoms with Crippen LogP contribution in [0.25, 0.3) is 0 Å². The second-order valence-corrected chi connectivity index (χ2v) is 3.57. The van der Waals surface area contributed by atoms with E-state index in [-0.39, 0.29) is 30.9 Å². The lowest BCUT2D eigenvalue weighted by Gasteiger charge is -2.29. The van der Waals surface area contributed by atoms with Crippen molar-refractivity contribution < 1.29 is 4.74 Å². The molecule has 1 aliphatic carbocycles. The summed E-state index contributed by atoms with van der Waals surface area (Å²) in [4.78, 5) is 0. The van der Waals surface area contributed by atoms with Crippen LogP contribution in [-0.2, 0) is 4.74 Å². The molecule has 0 aromatic heterocycles. The molecule has 1 heterocycles. The zero-order valence-electron chi connectivity index (χ0n) is 7.57. The number of ether oxygens (including phenoxy) is 1. The highest BCUT2D eigenvalue weighted by atomic mass is 35.5. The monoisotopic (exact) mass is 228 g/mol. The molecule has 1 saturated carbocycles. The molecule has 0 amide bonds. The highest BCUT2D eigenvalue weighted by Gasteiger charge is 2.29. The minimum Gasteiger partial charge on any atom is -0.380 e. The van der Waals surface area contributed by atoms with Gasteiger partial charge in [0.25, 0.3) is 0 Å². The molecule has 80 valence electrons. The molecule has 13 heavy (non-hydrogen) atoms. The van der Waals surface area contributed by atoms with Gasteiger partial charge in [0, 0.05) is 24.7 Å². The van der Waals surface area contributed by atoms with E-state index in [1.54, 1.807) is 0 Å². The third-order valence-electron chi connectivity index (χ3n) is 2.43. The predicted octanol–water partition coefficient (Wildman–Crippen LogP) is 0.698. The SMILES string of the molecule is Cl.Cl.NC1COCCC1NC1CC1. The molecule has 5 heteroatoms.